The van der Waals surface area contributed by atoms with Crippen molar-refractivity contribution in [1.29, 1.82) is 0 Å². The molecule has 1 unspecified atom stereocenters. The van der Waals surface area contributed by atoms with Crippen LogP contribution in [0.5, 0.6) is 0 Å². The molecule has 1 aliphatic rings. The summed E-state index contributed by atoms with van der Waals surface area (Å²) in [6, 6.07) is 0. The number of alkyl halides is 1. The van der Waals surface area contributed by atoms with Gasteiger partial charge in [-0.2, -0.15) is 0 Å². The van der Waals surface area contributed by atoms with Crippen LogP contribution >= 0.6 is 15.9 Å². The fraction of sp³-hybridized carbons (Fsp3) is 0.714. The van der Waals surface area contributed by atoms with Crippen molar-refractivity contribution in [3.63, 3.8) is 0 Å². The van der Waals surface area contributed by atoms with Gasteiger partial charge in [0.1, 0.15) is 0 Å². The summed E-state index contributed by atoms with van der Waals surface area (Å²) in [5.41, 5.74) is 0. The second-order valence-corrected chi connectivity index (χ2v) is 3.01. The van der Waals surface area contributed by atoms with Gasteiger partial charge in [0.15, 0.2) is 12.4 Å². The fourth-order valence-corrected chi connectivity index (χ4v) is 0.694. The molecule has 0 amide bonds. The Balaban J connectivity index is 0. The first-order valence-corrected chi connectivity index (χ1v) is 4.71. The van der Waals surface area contributed by atoms with Crippen LogP contribution in [0.2, 0.25) is 0 Å². The Morgan fingerprint density at radius 1 is 1.64 bits per heavy atom. The third-order valence-corrected chi connectivity index (χ3v) is 1.70. The summed E-state index contributed by atoms with van der Waals surface area (Å²) in [6.07, 6.45) is -0.866. The first kappa shape index (κ1) is 17.4. The zero-order valence-corrected chi connectivity index (χ0v) is 8.74. The van der Waals surface area contributed by atoms with E-state index in [-0.39, 0.29) is 63.8 Å². The van der Waals surface area contributed by atoms with Crippen LogP contribution in [0.3, 0.4) is 0 Å². The Morgan fingerprint density at radius 3 is 2.21 bits per heavy atom. The molecule has 1 aliphatic heterocycles. The van der Waals surface area contributed by atoms with Crippen LogP contribution in [-0.4, -0.2) is 93.1 Å². The monoisotopic (exact) mass is 294 g/mol. The molecule has 0 aromatic rings. The quantitative estimate of drug-likeness (QED) is 0.353. The number of halogens is 1. The third kappa shape index (κ3) is 15.5. The molecule has 0 aliphatic carbocycles. The number of Topliss-reactive ketones (excluding diaryl/α,β-unsaturated/α-hetero) is 1. The summed E-state index contributed by atoms with van der Waals surface area (Å²) in [6.45, 7) is 1.86. The van der Waals surface area contributed by atoms with Gasteiger partial charge in [0.2, 0.25) is 0 Å². The SMILES string of the molecule is BrCC1CO1.CC(=O)COC(=O)O.[KH]. The number of carbonyl (C=O) groups excluding carboxylic acids is 1. The molecule has 1 atom stereocenters. The molecule has 0 saturated carbocycles. The van der Waals surface area contributed by atoms with Crippen LogP contribution in [0.4, 0.5) is 4.79 Å². The predicted molar refractivity (Wildman–Crippen MR) is 55.3 cm³/mol. The summed E-state index contributed by atoms with van der Waals surface area (Å²) in [4.78, 5) is 19.5. The average molecular weight is 295 g/mol. The zero-order valence-electron chi connectivity index (χ0n) is 7.16. The van der Waals surface area contributed by atoms with E-state index < -0.39 is 6.16 Å². The maximum atomic E-state index is 9.96. The van der Waals surface area contributed by atoms with E-state index in [4.69, 9.17) is 9.84 Å². The van der Waals surface area contributed by atoms with Gasteiger partial charge in [0.25, 0.3) is 0 Å². The summed E-state index contributed by atoms with van der Waals surface area (Å²) in [7, 11) is 0. The number of hydrogen-bond acceptors (Lipinski definition) is 4. The van der Waals surface area contributed by atoms with Crippen LogP contribution in [-0.2, 0) is 14.3 Å². The molecule has 1 saturated heterocycles. The average Bonchev–Trinajstić information content (AvgIpc) is 2.84. The van der Waals surface area contributed by atoms with E-state index >= 15 is 0 Å². The molecule has 0 radical (unpaired) electrons. The number of ether oxygens (including phenoxy) is 2. The molecule has 5 nitrogen and oxygen atoms in total. The van der Waals surface area contributed by atoms with E-state index in [1.165, 1.54) is 6.92 Å². The molecule has 1 fully saturated rings. The van der Waals surface area contributed by atoms with Gasteiger partial charge in [-0.05, 0) is 6.92 Å². The Hall–Kier alpha value is 1.02. The first-order chi connectivity index (χ1) is 6.06. The number of carboxylic acid groups (broad SMARTS) is 1. The number of carbonyl (C=O) groups is 2. The number of ketones is 1. The standard InChI is InChI=1S/C4H6O4.C3H5BrO.K.H/c1-3(5)2-8-4(6)7;4-1-3-2-5-3;;/h2H2,1H3,(H,6,7);3H,1-2H2;;. The maximum absolute atomic E-state index is 9.96. The van der Waals surface area contributed by atoms with Gasteiger partial charge in [-0.15, -0.1) is 0 Å². The Morgan fingerprint density at radius 2 is 2.14 bits per heavy atom. The molecule has 1 N–H and O–H groups in total. The minimum absolute atomic E-state index is 0. The van der Waals surface area contributed by atoms with Gasteiger partial charge in [-0.25, -0.2) is 4.79 Å². The van der Waals surface area contributed by atoms with E-state index in [2.05, 4.69) is 20.7 Å². The van der Waals surface area contributed by atoms with E-state index in [0.29, 0.717) is 6.10 Å². The van der Waals surface area contributed by atoms with Crippen molar-refractivity contribution in [2.75, 3.05) is 18.5 Å². The van der Waals surface area contributed by atoms with Crippen LogP contribution in [0.25, 0.3) is 0 Å². The first-order valence-electron chi connectivity index (χ1n) is 3.59. The van der Waals surface area contributed by atoms with Gasteiger partial charge in [0, 0.05) is 5.33 Å². The second-order valence-electron chi connectivity index (χ2n) is 2.37. The van der Waals surface area contributed by atoms with Crippen LogP contribution in [0.1, 0.15) is 6.92 Å². The molecular weight excluding hydrogens is 283 g/mol. The van der Waals surface area contributed by atoms with E-state index in [1.807, 2.05) is 0 Å². The minimum atomic E-state index is -1.42. The molecule has 1 rings (SSSR count). The fourth-order valence-electron chi connectivity index (χ4n) is 0.320. The van der Waals surface area contributed by atoms with Gasteiger partial charge < -0.3 is 14.6 Å². The molecule has 0 bridgehead atoms. The van der Waals surface area contributed by atoms with Gasteiger partial charge in [0.05, 0.1) is 12.7 Å². The molecule has 1 heterocycles. The summed E-state index contributed by atoms with van der Waals surface area (Å²) in [5.74, 6) is -0.299. The van der Waals surface area contributed by atoms with Crippen LogP contribution < -0.4 is 0 Å². The van der Waals surface area contributed by atoms with Gasteiger partial charge in [-0.3, -0.25) is 4.79 Å². The van der Waals surface area contributed by atoms with E-state index in [9.17, 15) is 9.59 Å². The molecular formula is C7H12BrKO5. The Kier molecular flexibility index (Phi) is 13.1. The van der Waals surface area contributed by atoms with Crippen molar-refractivity contribution >= 4 is 79.3 Å². The molecule has 0 aromatic carbocycles. The normalized spacial score (nSPS) is 16.9. The predicted octanol–water partition coefficient (Wildman–Crippen LogP) is 0.402. The van der Waals surface area contributed by atoms with Crippen molar-refractivity contribution in [2.24, 2.45) is 0 Å². The summed E-state index contributed by atoms with van der Waals surface area (Å²) < 4.78 is 8.68. The molecule has 7 heteroatoms. The van der Waals surface area contributed by atoms with E-state index in [0.717, 1.165) is 11.9 Å². The van der Waals surface area contributed by atoms with Crippen LogP contribution in [0, 0.1) is 0 Å². The second kappa shape index (κ2) is 10.5. The van der Waals surface area contributed by atoms with E-state index in [1.54, 1.807) is 0 Å². The van der Waals surface area contributed by atoms with Crippen LogP contribution in [0.15, 0.2) is 0 Å². The summed E-state index contributed by atoms with van der Waals surface area (Å²) in [5, 5.41) is 8.79. The van der Waals surface area contributed by atoms with Gasteiger partial charge >= 0.3 is 57.5 Å². The Labute approximate surface area is 133 Å². The van der Waals surface area contributed by atoms with Crippen molar-refractivity contribution in [1.82, 2.24) is 0 Å². The molecule has 0 aromatic heterocycles. The molecule has 0 spiro atoms. The number of epoxide rings is 1. The van der Waals surface area contributed by atoms with Crippen molar-refractivity contribution < 1.29 is 24.2 Å². The molecule has 14 heavy (non-hydrogen) atoms. The van der Waals surface area contributed by atoms with Crippen molar-refractivity contribution in [3.8, 4) is 0 Å². The Bertz CT molecular complexity index is 169. The third-order valence-electron chi connectivity index (χ3n) is 0.973. The van der Waals surface area contributed by atoms with Gasteiger partial charge in [-0.1, -0.05) is 15.9 Å². The van der Waals surface area contributed by atoms with Crippen molar-refractivity contribution in [3.05, 3.63) is 0 Å². The topological polar surface area (TPSA) is 76.1 Å². The summed E-state index contributed by atoms with van der Waals surface area (Å²) >= 11 is 3.25. The number of rotatable bonds is 3. The number of hydrogen-bond donors (Lipinski definition) is 1. The van der Waals surface area contributed by atoms with Crippen molar-refractivity contribution in [2.45, 2.75) is 13.0 Å². The zero-order chi connectivity index (χ0) is 10.3. The molecule has 78 valence electrons.